The molecule has 6 heteroatoms. The molecule has 120 valence electrons. The molecule has 1 saturated heterocycles. The van der Waals surface area contributed by atoms with Gasteiger partial charge in [-0.25, -0.2) is 9.50 Å². The van der Waals surface area contributed by atoms with Crippen molar-refractivity contribution < 1.29 is 9.59 Å². The van der Waals surface area contributed by atoms with Gasteiger partial charge in [-0.15, -0.1) is 0 Å². The molecule has 3 heterocycles. The van der Waals surface area contributed by atoms with Crippen molar-refractivity contribution in [3.63, 3.8) is 0 Å². The van der Waals surface area contributed by atoms with E-state index in [1.165, 1.54) is 0 Å². The van der Waals surface area contributed by atoms with Crippen LogP contribution in [0.25, 0.3) is 5.65 Å². The molecule has 1 fully saturated rings. The monoisotopic (exact) mass is 312 g/mol. The summed E-state index contributed by atoms with van der Waals surface area (Å²) in [5.41, 5.74) is 2.51. The van der Waals surface area contributed by atoms with Crippen molar-refractivity contribution in [1.82, 2.24) is 19.5 Å². The number of aromatic nitrogens is 3. The summed E-state index contributed by atoms with van der Waals surface area (Å²) in [6.45, 7) is 5.76. The zero-order chi connectivity index (χ0) is 16.2. The number of amides is 1. The van der Waals surface area contributed by atoms with E-state index in [0.29, 0.717) is 23.2 Å². The first-order valence-electron chi connectivity index (χ1n) is 8.14. The molecule has 0 saturated carbocycles. The summed E-state index contributed by atoms with van der Waals surface area (Å²) in [7, 11) is 0. The van der Waals surface area contributed by atoms with Crippen molar-refractivity contribution >= 4 is 17.3 Å². The summed E-state index contributed by atoms with van der Waals surface area (Å²) < 4.78 is 1.69. The minimum Gasteiger partial charge on any atom is -0.338 e. The van der Waals surface area contributed by atoms with Gasteiger partial charge in [0.2, 0.25) is 0 Å². The zero-order valence-corrected chi connectivity index (χ0v) is 13.5. The molecule has 0 aromatic carbocycles. The van der Waals surface area contributed by atoms with Crippen LogP contribution in [-0.2, 0) is 6.42 Å². The van der Waals surface area contributed by atoms with Crippen LogP contribution in [0.1, 0.15) is 59.5 Å². The number of ketones is 1. The second-order valence-electron chi connectivity index (χ2n) is 7.35. The second-order valence-corrected chi connectivity index (χ2v) is 7.35. The molecule has 1 aliphatic carbocycles. The smallest absolute Gasteiger partial charge is 0.259 e. The van der Waals surface area contributed by atoms with E-state index in [0.717, 1.165) is 38.0 Å². The van der Waals surface area contributed by atoms with Crippen molar-refractivity contribution in [3.05, 3.63) is 29.2 Å². The molecule has 6 nitrogen and oxygen atoms in total. The van der Waals surface area contributed by atoms with Crippen LogP contribution < -0.4 is 0 Å². The van der Waals surface area contributed by atoms with Crippen molar-refractivity contribution in [3.8, 4) is 0 Å². The molecule has 23 heavy (non-hydrogen) atoms. The fourth-order valence-corrected chi connectivity index (χ4v) is 3.67. The van der Waals surface area contributed by atoms with E-state index in [9.17, 15) is 9.59 Å². The molecule has 0 radical (unpaired) electrons. The fourth-order valence-electron chi connectivity index (χ4n) is 3.67. The largest absolute Gasteiger partial charge is 0.338 e. The number of rotatable bonds is 1. The molecule has 2 aromatic rings. The summed E-state index contributed by atoms with van der Waals surface area (Å²) in [5.74, 6) is 0.0971. The molecule has 0 atom stereocenters. The highest BCUT2D eigenvalue weighted by molar-refractivity contribution is 6.01. The van der Waals surface area contributed by atoms with Crippen LogP contribution in [0.15, 0.2) is 12.4 Å². The van der Waals surface area contributed by atoms with Crippen LogP contribution in [-0.4, -0.2) is 44.3 Å². The highest BCUT2D eigenvalue weighted by atomic mass is 16.2. The lowest BCUT2D eigenvalue weighted by molar-refractivity contribution is 0.0794. The quantitative estimate of drug-likeness (QED) is 0.809. The third kappa shape index (κ3) is 2.24. The van der Waals surface area contributed by atoms with Gasteiger partial charge in [0.25, 0.3) is 5.91 Å². The predicted molar refractivity (Wildman–Crippen MR) is 84.6 cm³/mol. The van der Waals surface area contributed by atoms with Crippen molar-refractivity contribution in [2.75, 3.05) is 13.1 Å². The van der Waals surface area contributed by atoms with E-state index in [1.807, 2.05) is 4.90 Å². The summed E-state index contributed by atoms with van der Waals surface area (Å²) in [4.78, 5) is 31.2. The number of hydrogen-bond acceptors (Lipinski definition) is 4. The normalized spacial score (nSPS) is 20.1. The molecular weight excluding hydrogens is 292 g/mol. The average molecular weight is 312 g/mol. The lowest BCUT2D eigenvalue weighted by Crippen LogP contribution is -2.30. The standard InChI is InChI=1S/C17H20N4O2/c1-17(2)7-13-11(14(22)8-17)9-18-15-12(10-19-21(13)15)16(23)20-5-3-4-6-20/h9-10H,3-8H2,1-2H3. The number of carbonyl (C=O) groups excluding carboxylic acids is 2. The lowest BCUT2D eigenvalue weighted by Gasteiger charge is -2.29. The Bertz CT molecular complexity index is 815. The molecular formula is C17H20N4O2. The third-order valence-corrected chi connectivity index (χ3v) is 4.84. The van der Waals surface area contributed by atoms with Crippen molar-refractivity contribution in [2.45, 2.75) is 39.5 Å². The molecule has 1 amide bonds. The molecule has 0 bridgehead atoms. The first kappa shape index (κ1) is 14.4. The number of hydrogen-bond donors (Lipinski definition) is 0. The molecule has 4 rings (SSSR count). The first-order chi connectivity index (χ1) is 11.0. The Balaban J connectivity index is 1.83. The SMILES string of the molecule is CC1(C)CC(=O)c2cnc3c(C(=O)N4CCCC4)cnn3c2C1. The van der Waals surface area contributed by atoms with Gasteiger partial charge >= 0.3 is 0 Å². The Labute approximate surface area is 134 Å². The van der Waals surface area contributed by atoms with E-state index in [1.54, 1.807) is 16.9 Å². The maximum atomic E-state index is 12.6. The summed E-state index contributed by atoms with van der Waals surface area (Å²) in [5, 5.41) is 4.38. The van der Waals surface area contributed by atoms with Gasteiger partial charge in [0.15, 0.2) is 11.4 Å². The molecule has 0 spiro atoms. The Hall–Kier alpha value is -2.24. The maximum absolute atomic E-state index is 12.6. The first-order valence-corrected chi connectivity index (χ1v) is 8.14. The molecule has 2 aliphatic rings. The average Bonchev–Trinajstić information content (AvgIpc) is 3.15. The van der Waals surface area contributed by atoms with Gasteiger partial charge in [0.1, 0.15) is 5.56 Å². The number of fused-ring (bicyclic) bond motifs is 3. The Morgan fingerprint density at radius 1 is 1.17 bits per heavy atom. The van der Waals surface area contributed by atoms with Crippen molar-refractivity contribution in [1.29, 1.82) is 0 Å². The minimum absolute atomic E-state index is 0.00801. The van der Waals surface area contributed by atoms with E-state index in [4.69, 9.17) is 0 Å². The van der Waals surface area contributed by atoms with Gasteiger partial charge in [0, 0.05) is 25.7 Å². The van der Waals surface area contributed by atoms with Gasteiger partial charge in [-0.3, -0.25) is 9.59 Å². The van der Waals surface area contributed by atoms with Crippen molar-refractivity contribution in [2.24, 2.45) is 5.41 Å². The summed E-state index contributed by atoms with van der Waals surface area (Å²) >= 11 is 0. The van der Waals surface area contributed by atoms with Gasteiger partial charge < -0.3 is 4.90 Å². The van der Waals surface area contributed by atoms with Crippen LogP contribution in [0.3, 0.4) is 0 Å². The number of carbonyl (C=O) groups is 2. The van der Waals surface area contributed by atoms with Gasteiger partial charge in [-0.1, -0.05) is 13.8 Å². The number of nitrogens with zero attached hydrogens (tertiary/aromatic N) is 4. The molecule has 2 aromatic heterocycles. The second kappa shape index (κ2) is 4.88. The Morgan fingerprint density at radius 2 is 1.91 bits per heavy atom. The number of Topliss-reactive ketones (excluding diaryl/α,β-unsaturated/α-hetero) is 1. The summed E-state index contributed by atoms with van der Waals surface area (Å²) in [6.07, 6.45) is 6.59. The highest BCUT2D eigenvalue weighted by Gasteiger charge is 2.34. The van der Waals surface area contributed by atoms with E-state index in [-0.39, 0.29) is 17.1 Å². The Morgan fingerprint density at radius 3 is 2.65 bits per heavy atom. The van der Waals surface area contributed by atoms with Crippen LogP contribution in [0.4, 0.5) is 0 Å². The zero-order valence-electron chi connectivity index (χ0n) is 13.5. The third-order valence-electron chi connectivity index (χ3n) is 4.84. The molecule has 0 unspecified atom stereocenters. The van der Waals surface area contributed by atoms with E-state index >= 15 is 0 Å². The fraction of sp³-hybridized carbons (Fsp3) is 0.529. The van der Waals surface area contributed by atoms with Gasteiger partial charge in [-0.2, -0.15) is 5.10 Å². The van der Waals surface area contributed by atoms with E-state index < -0.39 is 0 Å². The predicted octanol–water partition coefficient (Wildman–Crippen LogP) is 2.12. The Kier molecular flexibility index (Phi) is 3.04. The van der Waals surface area contributed by atoms with Crippen LogP contribution in [0, 0.1) is 5.41 Å². The number of likely N-dealkylation sites (tertiary alicyclic amines) is 1. The summed E-state index contributed by atoms with van der Waals surface area (Å²) in [6, 6.07) is 0. The lowest BCUT2D eigenvalue weighted by atomic mass is 9.76. The molecule has 1 aliphatic heterocycles. The van der Waals surface area contributed by atoms with Gasteiger partial charge in [-0.05, 0) is 24.7 Å². The topological polar surface area (TPSA) is 67.6 Å². The minimum atomic E-state index is -0.0938. The molecule has 0 N–H and O–H groups in total. The van der Waals surface area contributed by atoms with Crippen LogP contribution in [0.2, 0.25) is 0 Å². The maximum Gasteiger partial charge on any atom is 0.259 e. The highest BCUT2D eigenvalue weighted by Crippen LogP contribution is 2.34. The van der Waals surface area contributed by atoms with Crippen LogP contribution in [0.5, 0.6) is 0 Å². The van der Waals surface area contributed by atoms with E-state index in [2.05, 4.69) is 23.9 Å². The van der Waals surface area contributed by atoms with Gasteiger partial charge in [0.05, 0.1) is 17.5 Å². The van der Waals surface area contributed by atoms with Crippen LogP contribution >= 0.6 is 0 Å².